The first-order valence-electron chi connectivity index (χ1n) is 7.72. The van der Waals surface area contributed by atoms with Gasteiger partial charge in [0.2, 0.25) is 0 Å². The van der Waals surface area contributed by atoms with E-state index < -0.39 is 35.2 Å². The minimum atomic E-state index is -4.80. The van der Waals surface area contributed by atoms with Gasteiger partial charge in [-0.3, -0.25) is 4.79 Å². The van der Waals surface area contributed by atoms with Crippen molar-refractivity contribution in [1.29, 1.82) is 0 Å². The second-order valence-corrected chi connectivity index (χ2v) is 7.77. The van der Waals surface area contributed by atoms with Crippen LogP contribution in [0.4, 0.5) is 26.3 Å². The molecule has 0 radical (unpaired) electrons. The van der Waals surface area contributed by atoms with Crippen LogP contribution in [-0.2, 0) is 6.18 Å². The highest BCUT2D eigenvalue weighted by Crippen LogP contribution is 2.39. The van der Waals surface area contributed by atoms with Gasteiger partial charge in [-0.2, -0.15) is 26.3 Å². The molecule has 9 heteroatoms. The van der Waals surface area contributed by atoms with Gasteiger partial charge < -0.3 is 0 Å². The van der Waals surface area contributed by atoms with Crippen molar-refractivity contribution in [1.82, 2.24) is 0 Å². The van der Waals surface area contributed by atoms with E-state index in [1.165, 1.54) is 18.2 Å². The molecule has 1 nitrogen and oxygen atoms in total. The summed E-state index contributed by atoms with van der Waals surface area (Å²) in [5.41, 5.74) is -1.90. The molecule has 1 atom stereocenters. The second kappa shape index (κ2) is 8.41. The number of alkyl halides is 6. The molecule has 0 bridgehead atoms. The van der Waals surface area contributed by atoms with Crippen LogP contribution >= 0.6 is 31.9 Å². The van der Waals surface area contributed by atoms with Gasteiger partial charge in [0.25, 0.3) is 0 Å². The van der Waals surface area contributed by atoms with Crippen LogP contribution in [-0.4, -0.2) is 12.0 Å². The van der Waals surface area contributed by atoms with Crippen LogP contribution in [0.25, 0.3) is 6.08 Å². The van der Waals surface area contributed by atoms with E-state index in [1.807, 2.05) is 0 Å². The number of rotatable bonds is 4. The molecule has 0 aliphatic rings. The van der Waals surface area contributed by atoms with Crippen LogP contribution in [0.3, 0.4) is 0 Å². The zero-order valence-corrected chi connectivity index (χ0v) is 17.3. The lowest BCUT2D eigenvalue weighted by Crippen LogP contribution is -2.19. The minimum Gasteiger partial charge on any atom is -0.294 e. The van der Waals surface area contributed by atoms with Gasteiger partial charge in [0, 0.05) is 14.5 Å². The van der Waals surface area contributed by atoms with Crippen molar-refractivity contribution in [3.05, 3.63) is 73.7 Å². The Labute approximate surface area is 173 Å². The molecular formula is C19H12Br2F6O. The monoisotopic (exact) mass is 528 g/mol. The molecule has 2 rings (SSSR count). The summed E-state index contributed by atoms with van der Waals surface area (Å²) in [7, 11) is 0. The molecule has 2 aromatic rings. The van der Waals surface area contributed by atoms with Gasteiger partial charge in [-0.25, -0.2) is 0 Å². The molecule has 0 aromatic heterocycles. The first-order valence-corrected chi connectivity index (χ1v) is 9.30. The first kappa shape index (κ1) is 22.7. The number of hydrogen-bond donors (Lipinski definition) is 0. The van der Waals surface area contributed by atoms with E-state index in [1.54, 1.807) is 6.07 Å². The largest absolute Gasteiger partial charge is 0.417 e. The second-order valence-electron chi connectivity index (χ2n) is 5.94. The molecule has 0 aliphatic carbocycles. The number of benzene rings is 2. The standard InChI is InChI=1S/C19H12Br2F6O/c1-10(28)15-4-2-11(6-17(15)19(25,26)27)3-5-16(18(22,23)24)12-7-13(20)9-14(21)8-12/h2-9,16H,1H3/b5-3+. The van der Waals surface area contributed by atoms with Crippen molar-refractivity contribution in [2.24, 2.45) is 0 Å². The maximum Gasteiger partial charge on any atom is 0.417 e. The Morgan fingerprint density at radius 2 is 1.54 bits per heavy atom. The van der Waals surface area contributed by atoms with Crippen molar-refractivity contribution < 1.29 is 31.1 Å². The normalized spacial score (nSPS) is 13.8. The van der Waals surface area contributed by atoms with Crippen LogP contribution in [0.1, 0.15) is 39.9 Å². The quantitative estimate of drug-likeness (QED) is 0.292. The highest BCUT2D eigenvalue weighted by Gasteiger charge is 2.39. The summed E-state index contributed by atoms with van der Waals surface area (Å²) in [6.07, 6.45) is -7.70. The third-order valence-corrected chi connectivity index (χ3v) is 4.72. The highest BCUT2D eigenvalue weighted by atomic mass is 79.9. The van der Waals surface area contributed by atoms with Crippen molar-refractivity contribution >= 4 is 43.7 Å². The molecule has 0 amide bonds. The van der Waals surface area contributed by atoms with E-state index in [0.29, 0.717) is 15.0 Å². The molecule has 0 heterocycles. The summed E-state index contributed by atoms with van der Waals surface area (Å²) in [6, 6.07) is 6.94. The zero-order chi connectivity index (χ0) is 21.3. The number of hydrogen-bond acceptors (Lipinski definition) is 1. The molecule has 0 N–H and O–H groups in total. The molecule has 0 aliphatic heterocycles. The Morgan fingerprint density at radius 3 is 2.00 bits per heavy atom. The van der Waals surface area contributed by atoms with E-state index in [0.717, 1.165) is 25.1 Å². The molecular weight excluding hydrogens is 518 g/mol. The van der Waals surface area contributed by atoms with Crippen LogP contribution in [0.5, 0.6) is 0 Å². The van der Waals surface area contributed by atoms with Crippen molar-refractivity contribution in [2.45, 2.75) is 25.2 Å². The fourth-order valence-electron chi connectivity index (χ4n) is 2.58. The number of halogens is 8. The molecule has 0 spiro atoms. The SMILES string of the molecule is CC(=O)c1ccc(/C=C/C(c2cc(Br)cc(Br)c2)C(F)(F)F)cc1C(F)(F)F. The fraction of sp³-hybridized carbons (Fsp3) is 0.211. The molecule has 2 aromatic carbocycles. The highest BCUT2D eigenvalue weighted by molar-refractivity contribution is 9.11. The Hall–Kier alpha value is -1.61. The topological polar surface area (TPSA) is 17.1 Å². The number of ketones is 1. The van der Waals surface area contributed by atoms with Gasteiger partial charge in [0.1, 0.15) is 0 Å². The first-order chi connectivity index (χ1) is 12.8. The average molecular weight is 530 g/mol. The number of allylic oxidation sites excluding steroid dienone is 1. The summed E-state index contributed by atoms with van der Waals surface area (Å²) >= 11 is 6.24. The van der Waals surface area contributed by atoms with Crippen LogP contribution in [0.2, 0.25) is 0 Å². The van der Waals surface area contributed by atoms with Gasteiger partial charge in [-0.1, -0.05) is 56.1 Å². The third-order valence-electron chi connectivity index (χ3n) is 3.81. The zero-order valence-electron chi connectivity index (χ0n) is 14.1. The predicted molar refractivity (Wildman–Crippen MR) is 101 cm³/mol. The van der Waals surface area contributed by atoms with Gasteiger partial charge in [0.15, 0.2) is 5.78 Å². The molecule has 0 saturated carbocycles. The Balaban J connectivity index is 2.49. The number of Topliss-reactive ketones (excluding diaryl/α,β-unsaturated/α-hetero) is 1. The summed E-state index contributed by atoms with van der Waals surface area (Å²) in [5.74, 6) is -2.81. The van der Waals surface area contributed by atoms with Crippen LogP contribution in [0, 0.1) is 0 Å². The van der Waals surface area contributed by atoms with E-state index in [9.17, 15) is 31.1 Å². The summed E-state index contributed by atoms with van der Waals surface area (Å²) in [4.78, 5) is 11.4. The number of carbonyl (C=O) groups excluding carboxylic acids is 1. The Morgan fingerprint density at radius 1 is 0.964 bits per heavy atom. The Kier molecular flexibility index (Phi) is 6.81. The maximum atomic E-state index is 13.5. The Bertz CT molecular complexity index is 895. The van der Waals surface area contributed by atoms with E-state index >= 15 is 0 Å². The van der Waals surface area contributed by atoms with Crippen molar-refractivity contribution in [3.8, 4) is 0 Å². The van der Waals surface area contributed by atoms with E-state index in [2.05, 4.69) is 31.9 Å². The van der Waals surface area contributed by atoms with Crippen LogP contribution in [0.15, 0.2) is 51.4 Å². The van der Waals surface area contributed by atoms with E-state index in [-0.39, 0.29) is 11.1 Å². The molecule has 0 fully saturated rings. The van der Waals surface area contributed by atoms with Gasteiger partial charge >= 0.3 is 12.4 Å². The number of carbonyl (C=O) groups is 1. The molecule has 28 heavy (non-hydrogen) atoms. The third kappa shape index (κ3) is 5.70. The maximum absolute atomic E-state index is 13.5. The van der Waals surface area contributed by atoms with Gasteiger partial charge in [0.05, 0.1) is 11.5 Å². The minimum absolute atomic E-state index is 0.0820. The average Bonchev–Trinajstić information content (AvgIpc) is 2.51. The van der Waals surface area contributed by atoms with Crippen LogP contribution < -0.4 is 0 Å². The summed E-state index contributed by atoms with van der Waals surface area (Å²) in [5, 5.41) is 0. The van der Waals surface area contributed by atoms with E-state index in [4.69, 9.17) is 0 Å². The lowest BCUT2D eigenvalue weighted by molar-refractivity contribution is -0.139. The van der Waals surface area contributed by atoms with Crippen molar-refractivity contribution in [3.63, 3.8) is 0 Å². The van der Waals surface area contributed by atoms with Gasteiger partial charge in [-0.15, -0.1) is 0 Å². The van der Waals surface area contributed by atoms with Crippen molar-refractivity contribution in [2.75, 3.05) is 0 Å². The summed E-state index contributed by atoms with van der Waals surface area (Å²) < 4.78 is 80.8. The lowest BCUT2D eigenvalue weighted by atomic mass is 9.96. The lowest BCUT2D eigenvalue weighted by Gasteiger charge is -2.18. The predicted octanol–water partition coefficient (Wildman–Crippen LogP) is 7.79. The molecule has 1 unspecified atom stereocenters. The van der Waals surface area contributed by atoms with Gasteiger partial charge in [-0.05, 0) is 42.3 Å². The summed E-state index contributed by atoms with van der Waals surface area (Å²) in [6.45, 7) is 0.991. The molecule has 150 valence electrons. The smallest absolute Gasteiger partial charge is 0.294 e. The fourth-order valence-corrected chi connectivity index (χ4v) is 3.91. The molecule has 0 saturated heterocycles.